The van der Waals surface area contributed by atoms with Crippen molar-refractivity contribution in [2.24, 2.45) is 28.2 Å². The summed E-state index contributed by atoms with van der Waals surface area (Å²) < 4.78 is 5.21. The van der Waals surface area contributed by atoms with Gasteiger partial charge in [-0.1, -0.05) is 0 Å². The normalized spacial score (nSPS) is 37.6. The summed E-state index contributed by atoms with van der Waals surface area (Å²) in [5.74, 6) is 3.92. The molecule has 0 aliphatic heterocycles. The van der Waals surface area contributed by atoms with Crippen LogP contribution < -0.4 is 4.74 Å². The molecule has 0 N–H and O–H groups in total. The molecule has 0 heterocycles. The zero-order chi connectivity index (χ0) is 15.2. The van der Waals surface area contributed by atoms with Crippen molar-refractivity contribution in [1.82, 2.24) is 0 Å². The van der Waals surface area contributed by atoms with Gasteiger partial charge in [0.05, 0.1) is 13.2 Å². The standard InChI is InChI=1S/C20H27NO/c1-14(21-13-15-3-5-19(22-2)6-4-15)20-10-16-7-17(11-20)9-18(8-16)12-20/h3-6,13-14,16-18H,7-12H2,1-2H3/t14-,16?,17?,18?,20?/m1/s1. The van der Waals surface area contributed by atoms with E-state index in [9.17, 15) is 0 Å². The van der Waals surface area contributed by atoms with Crippen molar-refractivity contribution < 1.29 is 4.74 Å². The highest BCUT2D eigenvalue weighted by Crippen LogP contribution is 2.61. The number of rotatable bonds is 4. The van der Waals surface area contributed by atoms with Crippen molar-refractivity contribution in [3.63, 3.8) is 0 Å². The molecule has 0 radical (unpaired) electrons. The zero-order valence-corrected chi connectivity index (χ0v) is 13.8. The molecule has 22 heavy (non-hydrogen) atoms. The van der Waals surface area contributed by atoms with Crippen LogP contribution in [-0.4, -0.2) is 19.4 Å². The van der Waals surface area contributed by atoms with Gasteiger partial charge >= 0.3 is 0 Å². The lowest BCUT2D eigenvalue weighted by molar-refractivity contribution is -0.0632. The van der Waals surface area contributed by atoms with E-state index in [1.54, 1.807) is 7.11 Å². The lowest BCUT2D eigenvalue weighted by Crippen LogP contribution is -2.50. The lowest BCUT2D eigenvalue weighted by Gasteiger charge is -2.58. The Labute approximate surface area is 134 Å². The summed E-state index contributed by atoms with van der Waals surface area (Å²) in [5.41, 5.74) is 1.69. The molecule has 5 rings (SSSR count). The van der Waals surface area contributed by atoms with Gasteiger partial charge in [-0.3, -0.25) is 4.99 Å². The number of hydrogen-bond donors (Lipinski definition) is 0. The largest absolute Gasteiger partial charge is 0.497 e. The molecule has 2 heteroatoms. The fourth-order valence-corrected chi connectivity index (χ4v) is 5.74. The number of benzene rings is 1. The molecule has 0 unspecified atom stereocenters. The molecule has 0 saturated heterocycles. The number of ether oxygens (including phenoxy) is 1. The molecule has 0 amide bonds. The van der Waals surface area contributed by atoms with Crippen LogP contribution in [0.4, 0.5) is 0 Å². The molecule has 4 aliphatic rings. The summed E-state index contributed by atoms with van der Waals surface area (Å²) in [6, 6.07) is 8.67. The summed E-state index contributed by atoms with van der Waals surface area (Å²) in [5, 5.41) is 0. The highest BCUT2D eigenvalue weighted by Gasteiger charge is 2.53. The van der Waals surface area contributed by atoms with E-state index in [2.05, 4.69) is 25.3 Å². The molecule has 0 spiro atoms. The predicted octanol–water partition coefficient (Wildman–Crippen LogP) is 4.72. The van der Waals surface area contributed by atoms with Gasteiger partial charge in [0.25, 0.3) is 0 Å². The fourth-order valence-electron chi connectivity index (χ4n) is 5.74. The Balaban J connectivity index is 1.49. The van der Waals surface area contributed by atoms with E-state index in [-0.39, 0.29) is 0 Å². The van der Waals surface area contributed by atoms with Crippen LogP contribution in [0.2, 0.25) is 0 Å². The topological polar surface area (TPSA) is 21.6 Å². The van der Waals surface area contributed by atoms with E-state index in [4.69, 9.17) is 9.73 Å². The van der Waals surface area contributed by atoms with Gasteiger partial charge in [-0.05, 0) is 98.4 Å². The minimum absolute atomic E-state index is 0.461. The molecule has 4 bridgehead atoms. The summed E-state index contributed by atoms with van der Waals surface area (Å²) in [4.78, 5) is 4.97. The van der Waals surface area contributed by atoms with E-state index >= 15 is 0 Å². The van der Waals surface area contributed by atoms with E-state index in [0.29, 0.717) is 11.5 Å². The van der Waals surface area contributed by atoms with Crippen LogP contribution in [0.3, 0.4) is 0 Å². The average Bonchev–Trinajstić information content (AvgIpc) is 2.51. The van der Waals surface area contributed by atoms with Gasteiger partial charge in [-0.15, -0.1) is 0 Å². The minimum Gasteiger partial charge on any atom is -0.497 e. The van der Waals surface area contributed by atoms with Gasteiger partial charge in [0, 0.05) is 6.21 Å². The van der Waals surface area contributed by atoms with Crippen molar-refractivity contribution in [3.8, 4) is 5.75 Å². The molecular formula is C20H27NO. The van der Waals surface area contributed by atoms with E-state index in [1.807, 2.05) is 12.1 Å². The average molecular weight is 297 g/mol. The molecule has 4 fully saturated rings. The Morgan fingerprint density at radius 1 is 1.05 bits per heavy atom. The van der Waals surface area contributed by atoms with Crippen LogP contribution in [0.25, 0.3) is 0 Å². The van der Waals surface area contributed by atoms with Crippen LogP contribution in [0.1, 0.15) is 51.0 Å². The van der Waals surface area contributed by atoms with Crippen LogP contribution in [-0.2, 0) is 0 Å². The molecular weight excluding hydrogens is 270 g/mol. The smallest absolute Gasteiger partial charge is 0.118 e. The number of aliphatic imine (C=N–C) groups is 1. The molecule has 0 aromatic heterocycles. The zero-order valence-electron chi connectivity index (χ0n) is 13.8. The fraction of sp³-hybridized carbons (Fsp3) is 0.650. The quantitative estimate of drug-likeness (QED) is 0.737. The molecule has 1 aromatic carbocycles. The Hall–Kier alpha value is -1.31. The molecule has 1 aromatic rings. The van der Waals surface area contributed by atoms with E-state index in [1.165, 1.54) is 44.1 Å². The molecule has 4 aliphatic carbocycles. The van der Waals surface area contributed by atoms with Crippen LogP contribution in [0.15, 0.2) is 29.3 Å². The second-order valence-corrected chi connectivity index (χ2v) is 8.01. The second kappa shape index (κ2) is 5.40. The maximum absolute atomic E-state index is 5.21. The van der Waals surface area contributed by atoms with Crippen LogP contribution in [0.5, 0.6) is 5.75 Å². The van der Waals surface area contributed by atoms with Crippen LogP contribution >= 0.6 is 0 Å². The monoisotopic (exact) mass is 297 g/mol. The molecule has 2 nitrogen and oxygen atoms in total. The first-order valence-electron chi connectivity index (χ1n) is 8.84. The Morgan fingerprint density at radius 2 is 1.59 bits per heavy atom. The lowest BCUT2D eigenvalue weighted by atomic mass is 9.48. The van der Waals surface area contributed by atoms with Gasteiger partial charge in [-0.2, -0.15) is 0 Å². The number of methoxy groups -OCH3 is 1. The first kappa shape index (κ1) is 14.3. The highest BCUT2D eigenvalue weighted by molar-refractivity contribution is 5.79. The first-order valence-corrected chi connectivity index (χ1v) is 8.84. The van der Waals surface area contributed by atoms with E-state index in [0.717, 1.165) is 23.5 Å². The SMILES string of the molecule is COc1ccc(C=N[C@H](C)C23CC4CC(CC(C4)C2)C3)cc1. The molecule has 4 saturated carbocycles. The number of hydrogen-bond acceptors (Lipinski definition) is 2. The third kappa shape index (κ3) is 2.47. The van der Waals surface area contributed by atoms with Gasteiger partial charge in [0.15, 0.2) is 0 Å². The van der Waals surface area contributed by atoms with Crippen LogP contribution in [0, 0.1) is 23.2 Å². The van der Waals surface area contributed by atoms with E-state index < -0.39 is 0 Å². The van der Waals surface area contributed by atoms with Crippen molar-refractivity contribution in [2.45, 2.75) is 51.5 Å². The Kier molecular flexibility index (Phi) is 3.51. The third-order valence-corrected chi connectivity index (χ3v) is 6.53. The first-order chi connectivity index (χ1) is 10.7. The summed E-state index contributed by atoms with van der Waals surface area (Å²) in [6.07, 6.45) is 10.9. The second-order valence-electron chi connectivity index (χ2n) is 8.01. The minimum atomic E-state index is 0.461. The van der Waals surface area contributed by atoms with Crippen molar-refractivity contribution in [1.29, 1.82) is 0 Å². The highest BCUT2D eigenvalue weighted by atomic mass is 16.5. The Morgan fingerprint density at radius 3 is 2.09 bits per heavy atom. The van der Waals surface area contributed by atoms with Gasteiger partial charge in [0.1, 0.15) is 5.75 Å². The van der Waals surface area contributed by atoms with Crippen molar-refractivity contribution in [2.75, 3.05) is 7.11 Å². The predicted molar refractivity (Wildman–Crippen MR) is 90.7 cm³/mol. The summed E-state index contributed by atoms with van der Waals surface area (Å²) in [7, 11) is 1.71. The van der Waals surface area contributed by atoms with Gasteiger partial charge in [0.2, 0.25) is 0 Å². The maximum atomic E-state index is 5.21. The van der Waals surface area contributed by atoms with Gasteiger partial charge in [-0.25, -0.2) is 0 Å². The Bertz CT molecular complexity index is 524. The summed E-state index contributed by atoms with van der Waals surface area (Å²) >= 11 is 0. The van der Waals surface area contributed by atoms with Gasteiger partial charge < -0.3 is 4.74 Å². The van der Waals surface area contributed by atoms with Crippen molar-refractivity contribution >= 4 is 6.21 Å². The summed E-state index contributed by atoms with van der Waals surface area (Å²) in [6.45, 7) is 2.35. The molecule has 118 valence electrons. The number of nitrogens with zero attached hydrogens (tertiary/aromatic N) is 1. The molecule has 1 atom stereocenters. The maximum Gasteiger partial charge on any atom is 0.118 e. The third-order valence-electron chi connectivity index (χ3n) is 6.53. The van der Waals surface area contributed by atoms with Crippen molar-refractivity contribution in [3.05, 3.63) is 29.8 Å².